The van der Waals surface area contributed by atoms with Gasteiger partial charge in [-0.3, -0.25) is 5.32 Å². The summed E-state index contributed by atoms with van der Waals surface area (Å²) in [5, 5.41) is 14.7. The minimum Gasteiger partial charge on any atom is -1.00 e. The van der Waals surface area contributed by atoms with E-state index in [1.807, 2.05) is 6.07 Å². The lowest BCUT2D eigenvalue weighted by molar-refractivity contribution is -0.722. The fourth-order valence-electron chi connectivity index (χ4n) is 2.12. The summed E-state index contributed by atoms with van der Waals surface area (Å²) in [5.41, 5.74) is 0.669. The van der Waals surface area contributed by atoms with Crippen molar-refractivity contribution in [3.05, 3.63) is 54.6 Å². The van der Waals surface area contributed by atoms with Gasteiger partial charge in [-0.15, -0.1) is 0 Å². The summed E-state index contributed by atoms with van der Waals surface area (Å²) in [6.07, 6.45) is -1.11. The number of halogens is 1. The molecule has 0 bridgehead atoms. The number of benzene rings is 2. The molecule has 8 heteroatoms. The van der Waals surface area contributed by atoms with Crippen molar-refractivity contribution in [2.24, 2.45) is 0 Å². The zero-order valence-corrected chi connectivity index (χ0v) is 17.1. The number of hydrogen-bond acceptors (Lipinski definition) is 4. The first-order chi connectivity index (χ1) is 12.3. The van der Waals surface area contributed by atoms with Gasteiger partial charge in [0.25, 0.3) is 0 Å². The Morgan fingerprint density at radius 2 is 1.68 bits per heavy atom. The van der Waals surface area contributed by atoms with Crippen LogP contribution in [0.15, 0.2) is 54.6 Å². The number of carbonyl (C=O) groups excluding carboxylic acids is 1. The Kier molecular flexibility index (Phi) is 11.2. The summed E-state index contributed by atoms with van der Waals surface area (Å²) in [6.45, 7) is 7.07. The average Bonchev–Trinajstić information content (AvgIpc) is 2.59. The summed E-state index contributed by atoms with van der Waals surface area (Å²) in [6, 6.07) is 15.8. The number of nitrogens with one attached hydrogen (secondary N) is 1. The summed E-state index contributed by atoms with van der Waals surface area (Å²) >= 11 is 0. The summed E-state index contributed by atoms with van der Waals surface area (Å²) in [4.78, 5) is 11.8. The second-order valence-corrected chi connectivity index (χ2v) is 7.12. The molecule has 28 heavy (non-hydrogen) atoms. The Morgan fingerprint density at radius 1 is 1.07 bits per heavy atom. The Hall–Kier alpha value is -2.32. The predicted molar refractivity (Wildman–Crippen MR) is 104 cm³/mol. The molecule has 1 unspecified atom stereocenters. The van der Waals surface area contributed by atoms with E-state index in [1.54, 1.807) is 48.5 Å². The van der Waals surface area contributed by atoms with Crippen LogP contribution in [0.3, 0.4) is 0 Å². The minimum atomic E-state index is -0.557. The fourth-order valence-corrected chi connectivity index (χ4v) is 2.12. The fraction of sp³-hybridized carbons (Fsp3) is 0.350. The van der Waals surface area contributed by atoms with Crippen LogP contribution < -0.4 is 32.5 Å². The third-order valence-electron chi connectivity index (χ3n) is 3.50. The number of hydrogen-bond donors (Lipinski definition) is 3. The highest BCUT2D eigenvalue weighted by Gasteiger charge is 2.16. The number of nitrogens with two attached hydrogens (primary N) is 1. The van der Waals surface area contributed by atoms with Crippen LogP contribution in [0.4, 0.5) is 10.5 Å². The number of carbonyl (C=O) groups is 1. The summed E-state index contributed by atoms with van der Waals surface area (Å²) < 4.78 is 10.7. The Bertz CT molecular complexity index is 690. The number of aliphatic hydroxyl groups excluding tert-OH is 1. The van der Waals surface area contributed by atoms with Gasteiger partial charge in [0.05, 0.1) is 5.54 Å². The molecule has 0 saturated heterocycles. The van der Waals surface area contributed by atoms with Crippen molar-refractivity contribution in [2.75, 3.05) is 18.5 Å². The van der Waals surface area contributed by atoms with Crippen molar-refractivity contribution in [2.45, 2.75) is 32.4 Å². The number of rotatable bonds is 7. The van der Waals surface area contributed by atoms with Crippen LogP contribution >= 0.6 is 0 Å². The SMILES string of the molecule is CC(C)(C)[NH2+]CC(O)COc1ccc(NC(=O)Oc2ccccc2)cc1.O.[Cl-]. The number of quaternary nitrogens is 1. The molecule has 0 spiro atoms. The number of para-hydroxylation sites is 1. The van der Waals surface area contributed by atoms with Crippen LogP contribution in [-0.4, -0.2) is 41.5 Å². The molecule has 156 valence electrons. The van der Waals surface area contributed by atoms with E-state index in [4.69, 9.17) is 9.47 Å². The molecule has 2 rings (SSSR count). The second-order valence-electron chi connectivity index (χ2n) is 7.12. The van der Waals surface area contributed by atoms with E-state index >= 15 is 0 Å². The maximum absolute atomic E-state index is 11.8. The molecule has 0 radical (unpaired) electrons. The topological polar surface area (TPSA) is 116 Å². The van der Waals surface area contributed by atoms with E-state index in [2.05, 4.69) is 31.4 Å². The van der Waals surface area contributed by atoms with Crippen LogP contribution in [0.5, 0.6) is 11.5 Å². The third-order valence-corrected chi connectivity index (χ3v) is 3.50. The van der Waals surface area contributed by atoms with Crippen molar-refractivity contribution < 1.29 is 42.6 Å². The van der Waals surface area contributed by atoms with Crippen molar-refractivity contribution >= 4 is 11.8 Å². The molecular weight excluding hydrogens is 384 g/mol. The van der Waals surface area contributed by atoms with Crippen LogP contribution in [0.1, 0.15) is 20.8 Å². The van der Waals surface area contributed by atoms with E-state index in [9.17, 15) is 9.90 Å². The molecule has 1 amide bonds. The van der Waals surface area contributed by atoms with Gasteiger partial charge in [-0.05, 0) is 57.2 Å². The Morgan fingerprint density at radius 3 is 2.25 bits per heavy atom. The summed E-state index contributed by atoms with van der Waals surface area (Å²) in [7, 11) is 0. The molecular formula is C20H29ClN2O5. The van der Waals surface area contributed by atoms with Gasteiger partial charge in [-0.2, -0.15) is 0 Å². The van der Waals surface area contributed by atoms with E-state index in [0.717, 1.165) is 0 Å². The van der Waals surface area contributed by atoms with Crippen LogP contribution in [0.25, 0.3) is 0 Å². The quantitative estimate of drug-likeness (QED) is 0.517. The Balaban J connectivity index is 0.00000364. The second kappa shape index (κ2) is 12.2. The van der Waals surface area contributed by atoms with Crippen LogP contribution in [0.2, 0.25) is 0 Å². The lowest BCUT2D eigenvalue weighted by atomic mass is 10.1. The van der Waals surface area contributed by atoms with Crippen LogP contribution in [-0.2, 0) is 0 Å². The minimum absolute atomic E-state index is 0. The highest BCUT2D eigenvalue weighted by atomic mass is 35.5. The first kappa shape index (κ1) is 25.7. The molecule has 1 atom stereocenters. The predicted octanol–water partition coefficient (Wildman–Crippen LogP) is -1.42. The van der Waals surface area contributed by atoms with Crippen LogP contribution in [0, 0.1) is 0 Å². The van der Waals surface area contributed by atoms with E-state index in [-0.39, 0.29) is 30.0 Å². The molecule has 2 aromatic carbocycles. The van der Waals surface area contributed by atoms with Crippen molar-refractivity contribution in [3.63, 3.8) is 0 Å². The zero-order chi connectivity index (χ0) is 19.0. The summed E-state index contributed by atoms with van der Waals surface area (Å²) in [5.74, 6) is 1.10. The molecule has 0 aliphatic heterocycles. The Labute approximate surface area is 171 Å². The monoisotopic (exact) mass is 412 g/mol. The van der Waals surface area contributed by atoms with Gasteiger partial charge < -0.3 is 37.8 Å². The third kappa shape index (κ3) is 10.1. The maximum Gasteiger partial charge on any atom is 0.417 e. The lowest BCUT2D eigenvalue weighted by Crippen LogP contribution is -3.00. The van der Waals surface area contributed by atoms with E-state index < -0.39 is 12.2 Å². The zero-order valence-electron chi connectivity index (χ0n) is 16.3. The molecule has 0 heterocycles. The molecule has 0 fully saturated rings. The number of ether oxygens (including phenoxy) is 2. The van der Waals surface area contributed by atoms with E-state index in [0.29, 0.717) is 23.7 Å². The lowest BCUT2D eigenvalue weighted by Gasteiger charge is -2.19. The van der Waals surface area contributed by atoms with Gasteiger partial charge in [-0.1, -0.05) is 18.2 Å². The maximum atomic E-state index is 11.8. The number of amides is 1. The molecule has 7 nitrogen and oxygen atoms in total. The average molecular weight is 413 g/mol. The normalized spacial score (nSPS) is 11.4. The highest BCUT2D eigenvalue weighted by molar-refractivity contribution is 5.86. The smallest absolute Gasteiger partial charge is 0.417 e. The molecule has 6 N–H and O–H groups in total. The first-order valence-electron chi connectivity index (χ1n) is 8.61. The molecule has 0 aromatic heterocycles. The van der Waals surface area contributed by atoms with Gasteiger partial charge in [0, 0.05) is 5.69 Å². The standard InChI is InChI=1S/C20H26N2O4.ClH.H2O/c1-20(2,3)21-13-16(23)14-25-17-11-9-15(10-12-17)22-19(24)26-18-7-5-4-6-8-18;;/h4-12,16,21,23H,13-14H2,1-3H3,(H,22,24);1H;1H2. The molecule has 0 aliphatic rings. The number of aliphatic hydroxyl groups is 1. The highest BCUT2D eigenvalue weighted by Crippen LogP contribution is 2.17. The molecule has 0 saturated carbocycles. The molecule has 0 aliphatic carbocycles. The van der Waals surface area contributed by atoms with Gasteiger partial charge in [-0.25, -0.2) is 4.79 Å². The first-order valence-corrected chi connectivity index (χ1v) is 8.61. The molecule has 2 aromatic rings. The largest absolute Gasteiger partial charge is 1.00 e. The van der Waals surface area contributed by atoms with Crippen molar-refractivity contribution in [1.82, 2.24) is 0 Å². The number of anilines is 1. The van der Waals surface area contributed by atoms with E-state index in [1.165, 1.54) is 0 Å². The van der Waals surface area contributed by atoms with Crippen molar-refractivity contribution in [1.29, 1.82) is 0 Å². The van der Waals surface area contributed by atoms with Crippen molar-refractivity contribution in [3.8, 4) is 11.5 Å². The van der Waals surface area contributed by atoms with Gasteiger partial charge >= 0.3 is 6.09 Å². The van der Waals surface area contributed by atoms with Gasteiger partial charge in [0.2, 0.25) is 0 Å². The van der Waals surface area contributed by atoms with Gasteiger partial charge in [0.1, 0.15) is 30.8 Å². The van der Waals surface area contributed by atoms with Gasteiger partial charge in [0.15, 0.2) is 0 Å².